The molecule has 1 N–H and O–H groups in total. The molecule has 1 aliphatic carbocycles. The Kier molecular flexibility index (Phi) is 3.77. The normalized spacial score (nSPS) is 15.2. The van der Waals surface area contributed by atoms with E-state index in [-0.39, 0.29) is 17.2 Å². The minimum atomic E-state index is -0.107. The Bertz CT molecular complexity index is 958. The number of nitrogens with zero attached hydrogens (tertiary/aromatic N) is 2. The molecule has 0 aliphatic heterocycles. The van der Waals surface area contributed by atoms with E-state index in [4.69, 9.17) is 16.6 Å². The zero-order chi connectivity index (χ0) is 16.7. The number of aromatic hydroxyl groups is 1. The maximum absolute atomic E-state index is 13.1. The van der Waals surface area contributed by atoms with Crippen LogP contribution in [0.1, 0.15) is 37.4 Å². The Morgan fingerprint density at radius 1 is 1.08 bits per heavy atom. The van der Waals surface area contributed by atoms with Crippen molar-refractivity contribution in [1.29, 1.82) is 0 Å². The van der Waals surface area contributed by atoms with Gasteiger partial charge in [-0.05, 0) is 49.2 Å². The second kappa shape index (κ2) is 5.95. The van der Waals surface area contributed by atoms with Gasteiger partial charge < -0.3 is 5.11 Å². The van der Waals surface area contributed by atoms with Crippen molar-refractivity contribution < 1.29 is 5.11 Å². The van der Waals surface area contributed by atoms with Gasteiger partial charge in [0.1, 0.15) is 11.6 Å². The smallest absolute Gasteiger partial charge is 0.265 e. The first-order chi connectivity index (χ1) is 11.6. The number of hydrogen-bond donors (Lipinski definition) is 1. The largest absolute Gasteiger partial charge is 0.508 e. The molecule has 24 heavy (non-hydrogen) atoms. The van der Waals surface area contributed by atoms with Gasteiger partial charge in [0.15, 0.2) is 0 Å². The van der Waals surface area contributed by atoms with Crippen molar-refractivity contribution in [3.8, 4) is 11.4 Å². The third-order valence-corrected chi connectivity index (χ3v) is 4.94. The lowest BCUT2D eigenvalue weighted by molar-refractivity contribution is 0.476. The second-order valence-electron chi connectivity index (χ2n) is 6.27. The fourth-order valence-electron chi connectivity index (χ4n) is 3.49. The quantitative estimate of drug-likeness (QED) is 0.752. The predicted molar refractivity (Wildman–Crippen MR) is 95.2 cm³/mol. The average molecular weight is 341 g/mol. The maximum Gasteiger partial charge on any atom is 0.265 e. The molecule has 0 unspecified atom stereocenters. The van der Waals surface area contributed by atoms with Gasteiger partial charge in [0.2, 0.25) is 0 Å². The summed E-state index contributed by atoms with van der Waals surface area (Å²) in [7, 11) is 0. The predicted octanol–water partition coefficient (Wildman–Crippen LogP) is 4.40. The lowest BCUT2D eigenvalue weighted by atomic mass is 10.1. The van der Waals surface area contributed by atoms with Crippen molar-refractivity contribution in [3.05, 3.63) is 63.7 Å². The van der Waals surface area contributed by atoms with E-state index in [1.807, 2.05) is 12.1 Å². The van der Waals surface area contributed by atoms with Crippen LogP contribution in [0.2, 0.25) is 5.02 Å². The molecule has 0 radical (unpaired) electrons. The summed E-state index contributed by atoms with van der Waals surface area (Å²) in [6.45, 7) is 0. The minimum absolute atomic E-state index is 0.107. The highest BCUT2D eigenvalue weighted by atomic mass is 35.5. The number of hydrogen-bond acceptors (Lipinski definition) is 3. The van der Waals surface area contributed by atoms with E-state index in [1.165, 1.54) is 6.07 Å². The third-order valence-electron chi connectivity index (χ3n) is 4.68. The fourth-order valence-corrected chi connectivity index (χ4v) is 3.61. The molecule has 0 bridgehead atoms. The number of rotatable bonds is 2. The molecule has 4 rings (SSSR count). The van der Waals surface area contributed by atoms with Gasteiger partial charge in [-0.3, -0.25) is 9.36 Å². The molecule has 0 saturated heterocycles. The molecule has 1 fully saturated rings. The first-order valence-corrected chi connectivity index (χ1v) is 8.53. The van der Waals surface area contributed by atoms with Gasteiger partial charge >= 0.3 is 0 Å². The molecule has 3 aromatic rings. The van der Waals surface area contributed by atoms with Gasteiger partial charge in [0.05, 0.1) is 16.6 Å². The number of phenolic OH excluding ortho intramolecular Hbond substituents is 1. The Balaban J connectivity index is 2.03. The molecule has 0 amide bonds. The van der Waals surface area contributed by atoms with Gasteiger partial charge in [-0.15, -0.1) is 0 Å². The second-order valence-corrected chi connectivity index (χ2v) is 6.71. The number of phenols is 1. The van der Waals surface area contributed by atoms with Crippen molar-refractivity contribution in [3.63, 3.8) is 0 Å². The van der Waals surface area contributed by atoms with Crippen LogP contribution in [0.25, 0.3) is 16.6 Å². The van der Waals surface area contributed by atoms with Crippen LogP contribution in [0.3, 0.4) is 0 Å². The van der Waals surface area contributed by atoms with E-state index < -0.39 is 0 Å². The Labute approximate surface area is 144 Å². The topological polar surface area (TPSA) is 55.1 Å². The van der Waals surface area contributed by atoms with Crippen LogP contribution >= 0.6 is 11.6 Å². The van der Waals surface area contributed by atoms with Crippen molar-refractivity contribution in [2.24, 2.45) is 0 Å². The molecular weight excluding hydrogens is 324 g/mol. The van der Waals surface area contributed by atoms with Gasteiger partial charge in [0.25, 0.3) is 5.56 Å². The summed E-state index contributed by atoms with van der Waals surface area (Å²) in [6.07, 6.45) is 4.37. The summed E-state index contributed by atoms with van der Waals surface area (Å²) in [5.74, 6) is 1.16. The lowest BCUT2D eigenvalue weighted by Crippen LogP contribution is -2.25. The highest BCUT2D eigenvalue weighted by Crippen LogP contribution is 2.34. The summed E-state index contributed by atoms with van der Waals surface area (Å²) in [6, 6.07) is 12.0. The summed E-state index contributed by atoms with van der Waals surface area (Å²) in [5.41, 5.74) is 1.21. The molecule has 2 aromatic carbocycles. The Morgan fingerprint density at radius 2 is 1.79 bits per heavy atom. The first kappa shape index (κ1) is 15.2. The van der Waals surface area contributed by atoms with E-state index in [0.717, 1.165) is 37.2 Å². The molecule has 5 heteroatoms. The van der Waals surface area contributed by atoms with Gasteiger partial charge in [-0.25, -0.2) is 4.98 Å². The average Bonchev–Trinajstić information content (AvgIpc) is 3.10. The van der Waals surface area contributed by atoms with E-state index in [2.05, 4.69) is 0 Å². The molecule has 1 aromatic heterocycles. The third kappa shape index (κ3) is 2.57. The van der Waals surface area contributed by atoms with E-state index in [9.17, 15) is 9.90 Å². The van der Waals surface area contributed by atoms with Crippen LogP contribution in [0, 0.1) is 0 Å². The van der Waals surface area contributed by atoms with Crippen LogP contribution in [0.15, 0.2) is 47.3 Å². The standard InChI is InChI=1S/C19H17ClN2O2/c20-13-5-7-14(8-6-13)22-18(12-3-1-2-4-12)21-17-11-15(23)9-10-16(17)19(22)24/h5-12,23H,1-4H2. The van der Waals surface area contributed by atoms with Gasteiger partial charge in [-0.2, -0.15) is 0 Å². The number of halogens is 1. The summed E-state index contributed by atoms with van der Waals surface area (Å²) >= 11 is 5.99. The Morgan fingerprint density at radius 3 is 2.50 bits per heavy atom. The molecule has 1 heterocycles. The van der Waals surface area contributed by atoms with Gasteiger partial charge in [0, 0.05) is 17.0 Å². The first-order valence-electron chi connectivity index (χ1n) is 8.15. The fraction of sp³-hybridized carbons (Fsp3) is 0.263. The van der Waals surface area contributed by atoms with Crippen molar-refractivity contribution >= 4 is 22.5 Å². The summed E-state index contributed by atoms with van der Waals surface area (Å²) in [5, 5.41) is 10.9. The molecule has 0 spiro atoms. The zero-order valence-corrected chi connectivity index (χ0v) is 13.8. The number of fused-ring (bicyclic) bond motifs is 1. The molecule has 1 aliphatic rings. The Hall–Kier alpha value is -2.33. The number of aromatic nitrogens is 2. The molecular formula is C19H17ClN2O2. The summed E-state index contributed by atoms with van der Waals surface area (Å²) in [4.78, 5) is 17.9. The van der Waals surface area contributed by atoms with Crippen molar-refractivity contribution in [1.82, 2.24) is 9.55 Å². The summed E-state index contributed by atoms with van der Waals surface area (Å²) < 4.78 is 1.70. The molecule has 122 valence electrons. The van der Waals surface area contributed by atoms with Crippen LogP contribution in [0.4, 0.5) is 0 Å². The van der Waals surface area contributed by atoms with Crippen LogP contribution in [-0.2, 0) is 0 Å². The lowest BCUT2D eigenvalue weighted by Gasteiger charge is -2.18. The molecule has 4 nitrogen and oxygen atoms in total. The van der Waals surface area contributed by atoms with E-state index in [1.54, 1.807) is 28.8 Å². The van der Waals surface area contributed by atoms with Crippen molar-refractivity contribution in [2.45, 2.75) is 31.6 Å². The number of benzene rings is 2. The monoisotopic (exact) mass is 340 g/mol. The molecule has 1 saturated carbocycles. The van der Waals surface area contributed by atoms with Crippen LogP contribution < -0.4 is 5.56 Å². The minimum Gasteiger partial charge on any atom is -0.508 e. The zero-order valence-electron chi connectivity index (χ0n) is 13.1. The highest BCUT2D eigenvalue weighted by Gasteiger charge is 2.24. The maximum atomic E-state index is 13.1. The van der Waals surface area contributed by atoms with Crippen LogP contribution in [-0.4, -0.2) is 14.7 Å². The van der Waals surface area contributed by atoms with Gasteiger partial charge in [-0.1, -0.05) is 24.4 Å². The van der Waals surface area contributed by atoms with Crippen LogP contribution in [0.5, 0.6) is 5.75 Å². The van der Waals surface area contributed by atoms with E-state index in [0.29, 0.717) is 15.9 Å². The highest BCUT2D eigenvalue weighted by molar-refractivity contribution is 6.30. The SMILES string of the molecule is O=c1c2ccc(O)cc2nc(C2CCCC2)n1-c1ccc(Cl)cc1. The molecule has 0 atom stereocenters. The van der Waals surface area contributed by atoms with E-state index >= 15 is 0 Å². The van der Waals surface area contributed by atoms with Crippen molar-refractivity contribution in [2.75, 3.05) is 0 Å².